The Morgan fingerprint density at radius 1 is 0.943 bits per heavy atom. The van der Waals surface area contributed by atoms with Gasteiger partial charge in [0.25, 0.3) is 0 Å². The number of ketones is 2. The molecule has 1 aromatic rings. The third-order valence-electron chi connectivity index (χ3n) is 16.2. The summed E-state index contributed by atoms with van der Waals surface area (Å²) < 4.78 is 6.17. The van der Waals surface area contributed by atoms with Crippen molar-refractivity contribution in [2.45, 2.75) is 152 Å². The second-order valence-corrected chi connectivity index (χ2v) is 20.2. The molecule has 6 rings (SSSR count). The highest BCUT2D eigenvalue weighted by molar-refractivity contribution is 6.01. The zero-order valence-electron chi connectivity index (χ0n) is 34.1. The van der Waals surface area contributed by atoms with E-state index >= 15 is 0 Å². The van der Waals surface area contributed by atoms with Gasteiger partial charge < -0.3 is 9.84 Å². The maximum atomic E-state index is 14.0. The van der Waals surface area contributed by atoms with Crippen LogP contribution in [-0.4, -0.2) is 39.7 Å². The quantitative estimate of drug-likeness (QED) is 0.189. The fraction of sp³-hybridized carbons (Fsp3) is 0.717. The second kappa shape index (κ2) is 13.6. The van der Waals surface area contributed by atoms with Crippen LogP contribution in [0.1, 0.15) is 151 Å². The van der Waals surface area contributed by atoms with E-state index in [9.17, 15) is 24.3 Å². The highest BCUT2D eigenvalue weighted by Crippen LogP contribution is 2.77. The van der Waals surface area contributed by atoms with E-state index in [0.717, 1.165) is 62.6 Å². The van der Waals surface area contributed by atoms with Crippen LogP contribution < -0.4 is 0 Å². The minimum absolute atomic E-state index is 0.00863. The summed E-state index contributed by atoms with van der Waals surface area (Å²) in [5, 5.41) is 9.61. The molecule has 0 radical (unpaired) electrons. The number of Topliss-reactive ketones (excluding diaryl/α,β-unsaturated/α-hetero) is 1. The molecule has 53 heavy (non-hydrogen) atoms. The van der Waals surface area contributed by atoms with E-state index < -0.39 is 22.8 Å². The molecular formula is C46H65NO6. The molecule has 0 bridgehead atoms. The first-order valence-electron chi connectivity index (χ1n) is 20.5. The van der Waals surface area contributed by atoms with Gasteiger partial charge in [-0.3, -0.25) is 24.2 Å². The number of esters is 1. The van der Waals surface area contributed by atoms with E-state index in [1.807, 2.05) is 18.2 Å². The number of pyridine rings is 1. The second-order valence-electron chi connectivity index (χ2n) is 20.2. The fourth-order valence-corrected chi connectivity index (χ4v) is 13.1. The van der Waals surface area contributed by atoms with E-state index in [1.54, 1.807) is 26.1 Å². The number of allylic oxidation sites excluding steroid dienone is 4. The van der Waals surface area contributed by atoms with Crippen molar-refractivity contribution in [2.75, 3.05) is 0 Å². The number of ether oxygens (including phenoxy) is 1. The lowest BCUT2D eigenvalue weighted by Crippen LogP contribution is -2.65. The lowest BCUT2D eigenvalue weighted by Gasteiger charge is -2.72. The van der Waals surface area contributed by atoms with Crippen molar-refractivity contribution >= 4 is 23.5 Å². The molecule has 4 saturated carbocycles. The first kappa shape index (κ1) is 39.6. The van der Waals surface area contributed by atoms with Crippen LogP contribution in [0.5, 0.6) is 0 Å². The van der Waals surface area contributed by atoms with Gasteiger partial charge >= 0.3 is 11.9 Å². The summed E-state index contributed by atoms with van der Waals surface area (Å²) in [4.78, 5) is 56.8. The summed E-state index contributed by atoms with van der Waals surface area (Å²) in [6.07, 6.45) is 14.2. The topological polar surface area (TPSA) is 111 Å². The maximum absolute atomic E-state index is 14.0. The molecule has 0 saturated heterocycles. The van der Waals surface area contributed by atoms with E-state index in [1.165, 1.54) is 5.57 Å². The Morgan fingerprint density at radius 3 is 2.30 bits per heavy atom. The SMILES string of the molecule is CC(C)C1=C2[C@H]3CC[C@@H]4[C@@]5(C)CC[C@H](OC(=O)CC(C)(C)C(=O)O)C(C)(C)[C@@H]5CC[C@@]4(C)[C@]3(C)CC[C@@]2(/C=C/C(=O)C[C@@H](C)c2ccccn2)CC1=O. The molecule has 5 aliphatic rings. The van der Waals surface area contributed by atoms with Gasteiger partial charge in [-0.15, -0.1) is 0 Å². The summed E-state index contributed by atoms with van der Waals surface area (Å²) in [6.45, 7) is 21.7. The third kappa shape index (κ3) is 6.38. The fourth-order valence-electron chi connectivity index (χ4n) is 13.1. The van der Waals surface area contributed by atoms with Crippen molar-refractivity contribution in [3.05, 3.63) is 53.4 Å². The number of carbonyl (C=O) groups is 4. The van der Waals surface area contributed by atoms with E-state index in [0.29, 0.717) is 24.7 Å². The van der Waals surface area contributed by atoms with Crippen LogP contribution in [0, 0.1) is 56.2 Å². The number of fused-ring (bicyclic) bond motifs is 7. The van der Waals surface area contributed by atoms with Crippen LogP contribution in [-0.2, 0) is 23.9 Å². The van der Waals surface area contributed by atoms with Crippen molar-refractivity contribution in [3.8, 4) is 0 Å². The van der Waals surface area contributed by atoms with Crippen LogP contribution in [0.4, 0.5) is 0 Å². The minimum atomic E-state index is -1.17. The zero-order chi connectivity index (χ0) is 38.9. The van der Waals surface area contributed by atoms with Crippen LogP contribution in [0.25, 0.3) is 0 Å². The Hall–Kier alpha value is -3.09. The van der Waals surface area contributed by atoms with Gasteiger partial charge in [0.15, 0.2) is 11.6 Å². The molecule has 1 heterocycles. The van der Waals surface area contributed by atoms with Crippen molar-refractivity contribution in [2.24, 2.45) is 56.2 Å². The van der Waals surface area contributed by atoms with Gasteiger partial charge in [-0.25, -0.2) is 0 Å². The van der Waals surface area contributed by atoms with Crippen molar-refractivity contribution in [3.63, 3.8) is 0 Å². The smallest absolute Gasteiger partial charge is 0.309 e. The van der Waals surface area contributed by atoms with Gasteiger partial charge in [0.2, 0.25) is 0 Å². The van der Waals surface area contributed by atoms with Gasteiger partial charge in [0, 0.05) is 41.5 Å². The molecule has 0 aromatic carbocycles. The Balaban J connectivity index is 1.27. The minimum Gasteiger partial charge on any atom is -0.481 e. The lowest BCUT2D eigenvalue weighted by molar-refractivity contribution is -0.232. The van der Waals surface area contributed by atoms with E-state index in [4.69, 9.17) is 4.74 Å². The third-order valence-corrected chi connectivity index (χ3v) is 16.2. The average Bonchev–Trinajstić information content (AvgIpc) is 3.38. The molecule has 0 amide bonds. The molecular weight excluding hydrogens is 663 g/mol. The molecule has 7 nitrogen and oxygen atoms in total. The van der Waals surface area contributed by atoms with E-state index in [2.05, 4.69) is 66.4 Å². The molecule has 0 aliphatic heterocycles. The number of aromatic nitrogens is 1. The molecule has 1 N–H and O–H groups in total. The molecule has 290 valence electrons. The average molecular weight is 728 g/mol. The Labute approximate surface area is 318 Å². The summed E-state index contributed by atoms with van der Waals surface area (Å²) in [6, 6.07) is 5.83. The number of carboxylic acid groups (broad SMARTS) is 1. The number of carboxylic acids is 1. The van der Waals surface area contributed by atoms with Gasteiger partial charge in [-0.1, -0.05) is 67.5 Å². The number of nitrogens with zero attached hydrogens (tertiary/aromatic N) is 1. The van der Waals surface area contributed by atoms with Crippen LogP contribution in [0.15, 0.2) is 47.7 Å². The first-order chi connectivity index (χ1) is 24.6. The Bertz CT molecular complexity index is 1700. The zero-order valence-corrected chi connectivity index (χ0v) is 34.1. The molecule has 0 spiro atoms. The number of aliphatic carboxylic acids is 1. The summed E-state index contributed by atoms with van der Waals surface area (Å²) in [5.41, 5.74) is 1.64. The standard InChI is InChI=1S/C46H65NO6/c1-28(2)38-33(49)26-46(21-16-30(48)25-29(3)32-13-11-12-24-47-32)23-22-44(9)31(39(38)46)14-15-35-43(8)19-18-36(53-37(50)27-41(4,5)40(51)52)42(6,7)34(43)17-20-45(35,44)10/h11-13,16,21,24,28-29,31,34-36H,14-15,17-20,22-23,25-27H2,1-10H3,(H,51,52)/b21-16+/t29-,31-,34+,35-,36+,43+,44-,45-,46+/m1/s1. The predicted octanol–water partition coefficient (Wildman–Crippen LogP) is 10.1. The molecule has 4 fully saturated rings. The molecule has 0 unspecified atom stereocenters. The van der Waals surface area contributed by atoms with Crippen LogP contribution in [0.3, 0.4) is 0 Å². The normalized spacial score (nSPS) is 37.1. The monoisotopic (exact) mass is 727 g/mol. The van der Waals surface area contributed by atoms with Gasteiger partial charge in [-0.2, -0.15) is 0 Å². The summed E-state index contributed by atoms with van der Waals surface area (Å²) in [7, 11) is 0. The highest BCUT2D eigenvalue weighted by Gasteiger charge is 2.70. The predicted molar refractivity (Wildman–Crippen MR) is 207 cm³/mol. The number of hydrogen-bond acceptors (Lipinski definition) is 6. The molecule has 7 heteroatoms. The molecule has 5 aliphatic carbocycles. The molecule has 1 aromatic heterocycles. The van der Waals surface area contributed by atoms with Crippen molar-refractivity contribution < 1.29 is 29.0 Å². The Morgan fingerprint density at radius 2 is 1.66 bits per heavy atom. The molecule has 9 atom stereocenters. The summed E-state index contributed by atoms with van der Waals surface area (Å²) in [5.74, 6) is 0.257. The number of carbonyl (C=O) groups excluding carboxylic acids is 3. The lowest BCUT2D eigenvalue weighted by atomic mass is 9.33. The summed E-state index contributed by atoms with van der Waals surface area (Å²) >= 11 is 0. The van der Waals surface area contributed by atoms with Gasteiger partial charge in [0.1, 0.15) is 6.10 Å². The van der Waals surface area contributed by atoms with Crippen molar-refractivity contribution in [1.82, 2.24) is 4.98 Å². The highest BCUT2D eigenvalue weighted by atomic mass is 16.5. The van der Waals surface area contributed by atoms with Gasteiger partial charge in [0.05, 0.1) is 11.8 Å². The van der Waals surface area contributed by atoms with Crippen molar-refractivity contribution in [1.29, 1.82) is 0 Å². The first-order valence-corrected chi connectivity index (χ1v) is 20.5. The maximum Gasteiger partial charge on any atom is 0.309 e. The largest absolute Gasteiger partial charge is 0.481 e. The Kier molecular flexibility index (Phi) is 10.1. The number of rotatable bonds is 10. The van der Waals surface area contributed by atoms with Crippen LogP contribution >= 0.6 is 0 Å². The van der Waals surface area contributed by atoms with Crippen LogP contribution in [0.2, 0.25) is 0 Å². The van der Waals surface area contributed by atoms with Gasteiger partial charge in [-0.05, 0) is 134 Å². The van der Waals surface area contributed by atoms with E-state index in [-0.39, 0.29) is 63.5 Å². The number of hydrogen-bond donors (Lipinski definition) is 1.